The highest BCUT2D eigenvalue weighted by atomic mass is 127. The predicted octanol–water partition coefficient (Wildman–Crippen LogP) is 4.44. The van der Waals surface area contributed by atoms with Crippen molar-refractivity contribution in [1.29, 1.82) is 0 Å². The summed E-state index contributed by atoms with van der Waals surface area (Å²) in [5.74, 6) is -0.519. The number of carbonyl (C=O) groups is 1. The first-order valence-corrected chi connectivity index (χ1v) is 9.63. The molecule has 2 N–H and O–H groups in total. The van der Waals surface area contributed by atoms with Crippen molar-refractivity contribution < 1.29 is 19.7 Å². The monoisotopic (exact) mass is 626 g/mol. The van der Waals surface area contributed by atoms with Crippen LogP contribution in [0.5, 0.6) is 0 Å². The van der Waals surface area contributed by atoms with Crippen molar-refractivity contribution in [3.05, 3.63) is 42.8 Å². The van der Waals surface area contributed by atoms with Crippen molar-refractivity contribution >= 4 is 73.7 Å². The lowest BCUT2D eigenvalue weighted by Crippen LogP contribution is -2.31. The molecule has 0 aromatic carbocycles. The van der Waals surface area contributed by atoms with Crippen molar-refractivity contribution in [2.24, 2.45) is 0 Å². The standard InChI is InChI=1S/C14H13I3O4/c15-9-6-8(1-2-12(9)18)21-14-10(16)3-7(4-11(14)17)5-13(19)20/h2-4,6,8,10,14,18H,1,5H2,(H,19,20). The number of rotatable bonds is 4. The summed E-state index contributed by atoms with van der Waals surface area (Å²) in [6.07, 6.45) is 8.06. The normalized spacial score (nSPS) is 29.2. The number of hydrogen-bond donors (Lipinski definition) is 2. The average molecular weight is 626 g/mol. The second-order valence-corrected chi connectivity index (χ2v) is 8.57. The molecule has 114 valence electrons. The molecule has 0 radical (unpaired) electrons. The summed E-state index contributed by atoms with van der Waals surface area (Å²) in [6.45, 7) is 0. The lowest BCUT2D eigenvalue weighted by atomic mass is 10.0. The maximum absolute atomic E-state index is 10.8. The minimum Gasteiger partial charge on any atom is -0.507 e. The molecule has 0 spiro atoms. The molecule has 3 atom stereocenters. The van der Waals surface area contributed by atoms with Crippen LogP contribution in [0.25, 0.3) is 0 Å². The quantitative estimate of drug-likeness (QED) is 0.358. The Bertz CT molecular complexity index is 563. The smallest absolute Gasteiger partial charge is 0.307 e. The Balaban J connectivity index is 2.05. The molecule has 0 bridgehead atoms. The second kappa shape index (κ2) is 7.77. The molecule has 2 aliphatic rings. The van der Waals surface area contributed by atoms with Crippen LogP contribution < -0.4 is 0 Å². The number of aliphatic hydroxyl groups is 1. The summed E-state index contributed by atoms with van der Waals surface area (Å²) >= 11 is 6.57. The summed E-state index contributed by atoms with van der Waals surface area (Å²) < 4.78 is 8.02. The molecule has 4 nitrogen and oxygen atoms in total. The summed E-state index contributed by atoms with van der Waals surface area (Å²) in [7, 11) is 0. The number of aliphatic carboxylic acids is 1. The predicted molar refractivity (Wildman–Crippen MR) is 106 cm³/mol. The number of halogens is 3. The molecule has 2 aliphatic carbocycles. The van der Waals surface area contributed by atoms with Gasteiger partial charge in [-0.25, -0.2) is 0 Å². The molecule has 21 heavy (non-hydrogen) atoms. The summed E-state index contributed by atoms with van der Waals surface area (Å²) in [5, 5.41) is 18.4. The lowest BCUT2D eigenvalue weighted by Gasteiger charge is -2.29. The topological polar surface area (TPSA) is 66.8 Å². The minimum atomic E-state index is -0.824. The van der Waals surface area contributed by atoms with E-state index in [2.05, 4.69) is 67.8 Å². The summed E-state index contributed by atoms with van der Waals surface area (Å²) in [6, 6.07) is 0. The third kappa shape index (κ3) is 4.93. The van der Waals surface area contributed by atoms with Crippen molar-refractivity contribution in [1.82, 2.24) is 0 Å². The molecule has 0 saturated carbocycles. The lowest BCUT2D eigenvalue weighted by molar-refractivity contribution is -0.136. The number of hydrogen-bond acceptors (Lipinski definition) is 3. The van der Waals surface area contributed by atoms with E-state index in [1.165, 1.54) is 0 Å². The van der Waals surface area contributed by atoms with Gasteiger partial charge in [0, 0.05) is 3.58 Å². The Labute approximate surface area is 163 Å². The van der Waals surface area contributed by atoms with Gasteiger partial charge in [0.15, 0.2) is 0 Å². The van der Waals surface area contributed by atoms with Gasteiger partial charge in [-0.2, -0.15) is 0 Å². The second-order valence-electron chi connectivity index (χ2n) is 4.72. The Morgan fingerprint density at radius 3 is 2.67 bits per heavy atom. The molecule has 2 rings (SSSR count). The molecule has 0 aromatic rings. The van der Waals surface area contributed by atoms with E-state index in [1.54, 1.807) is 6.08 Å². The van der Waals surface area contributed by atoms with Gasteiger partial charge in [0.1, 0.15) is 11.9 Å². The van der Waals surface area contributed by atoms with Crippen LogP contribution in [0.15, 0.2) is 42.8 Å². The maximum atomic E-state index is 10.8. The van der Waals surface area contributed by atoms with E-state index in [0.717, 1.165) is 12.7 Å². The first kappa shape index (κ1) is 17.7. The van der Waals surface area contributed by atoms with Gasteiger partial charge >= 0.3 is 5.97 Å². The van der Waals surface area contributed by atoms with Gasteiger partial charge in [-0.1, -0.05) is 28.7 Å². The van der Waals surface area contributed by atoms with Crippen molar-refractivity contribution in [2.45, 2.75) is 29.0 Å². The van der Waals surface area contributed by atoms with Gasteiger partial charge in [0.25, 0.3) is 0 Å². The van der Waals surface area contributed by atoms with Gasteiger partial charge in [-0.05, 0) is 75.4 Å². The van der Waals surface area contributed by atoms with E-state index >= 15 is 0 Å². The van der Waals surface area contributed by atoms with Crippen molar-refractivity contribution in [2.75, 3.05) is 0 Å². The number of carboxylic acids is 1. The average Bonchev–Trinajstić information content (AvgIpc) is 2.37. The van der Waals surface area contributed by atoms with E-state index < -0.39 is 5.97 Å². The number of aliphatic hydroxyl groups excluding tert-OH is 1. The van der Waals surface area contributed by atoms with E-state index in [9.17, 15) is 9.90 Å². The molecule has 0 saturated heterocycles. The SMILES string of the molecule is O=C(O)CC1=CC(I)C(OC2C=C(I)C(O)=CC2)C(I)=C1. The number of alkyl halides is 1. The molecular weight excluding hydrogens is 613 g/mol. The van der Waals surface area contributed by atoms with Crippen LogP contribution in [-0.2, 0) is 9.53 Å². The van der Waals surface area contributed by atoms with Crippen molar-refractivity contribution in [3.63, 3.8) is 0 Å². The Kier molecular flexibility index (Phi) is 6.56. The maximum Gasteiger partial charge on any atom is 0.307 e. The fourth-order valence-electron chi connectivity index (χ4n) is 2.10. The van der Waals surface area contributed by atoms with E-state index in [0.29, 0.717) is 12.2 Å². The Morgan fingerprint density at radius 1 is 1.38 bits per heavy atom. The fourth-order valence-corrected chi connectivity index (χ4v) is 5.36. The molecule has 7 heteroatoms. The summed E-state index contributed by atoms with van der Waals surface area (Å²) in [5.41, 5.74) is 0.817. The van der Waals surface area contributed by atoms with Crippen LogP contribution in [0.2, 0.25) is 0 Å². The zero-order chi connectivity index (χ0) is 15.6. The van der Waals surface area contributed by atoms with E-state index in [4.69, 9.17) is 9.84 Å². The van der Waals surface area contributed by atoms with Crippen LogP contribution in [-0.4, -0.2) is 32.3 Å². The number of carboxylic acid groups (broad SMARTS) is 1. The molecular formula is C14H13I3O4. The third-order valence-electron chi connectivity index (χ3n) is 3.05. The van der Waals surface area contributed by atoms with Crippen LogP contribution >= 0.6 is 67.8 Å². The molecule has 0 amide bonds. The molecule has 3 unspecified atom stereocenters. The summed E-state index contributed by atoms with van der Waals surface area (Å²) in [4.78, 5) is 10.8. The molecule has 0 aromatic heterocycles. The van der Waals surface area contributed by atoms with Gasteiger partial charge < -0.3 is 14.9 Å². The minimum absolute atomic E-state index is 0.0383. The van der Waals surface area contributed by atoms with Crippen LogP contribution in [0, 0.1) is 0 Å². The fraction of sp³-hybridized carbons (Fsp3) is 0.357. The van der Waals surface area contributed by atoms with Gasteiger partial charge in [0.2, 0.25) is 0 Å². The van der Waals surface area contributed by atoms with Gasteiger partial charge in [0.05, 0.1) is 20.0 Å². The zero-order valence-electron chi connectivity index (χ0n) is 10.8. The highest BCUT2D eigenvalue weighted by molar-refractivity contribution is 14.1. The molecule has 0 heterocycles. The van der Waals surface area contributed by atoms with E-state index in [-0.39, 0.29) is 22.6 Å². The van der Waals surface area contributed by atoms with Gasteiger partial charge in [-0.3, -0.25) is 4.79 Å². The Morgan fingerprint density at radius 2 is 2.10 bits per heavy atom. The highest BCUT2D eigenvalue weighted by Gasteiger charge is 2.28. The molecule has 0 fully saturated rings. The van der Waals surface area contributed by atoms with Crippen LogP contribution in [0.4, 0.5) is 0 Å². The van der Waals surface area contributed by atoms with Crippen LogP contribution in [0.3, 0.4) is 0 Å². The number of ether oxygens (including phenoxy) is 1. The highest BCUT2D eigenvalue weighted by Crippen LogP contribution is 2.34. The van der Waals surface area contributed by atoms with Crippen molar-refractivity contribution in [3.8, 4) is 0 Å². The zero-order valence-corrected chi connectivity index (χ0v) is 17.3. The number of allylic oxidation sites excluding steroid dienone is 2. The van der Waals surface area contributed by atoms with E-state index in [1.807, 2.05) is 18.2 Å². The Hall–Kier alpha value is 0.380. The third-order valence-corrected chi connectivity index (χ3v) is 5.91. The first-order valence-electron chi connectivity index (χ1n) is 6.22. The first-order chi connectivity index (χ1) is 9.86. The van der Waals surface area contributed by atoms with Gasteiger partial charge in [-0.15, -0.1) is 0 Å². The van der Waals surface area contributed by atoms with Crippen LogP contribution in [0.1, 0.15) is 12.8 Å². The largest absolute Gasteiger partial charge is 0.507 e. The molecule has 0 aliphatic heterocycles.